The number of hydrogen-bond acceptors (Lipinski definition) is 6. The summed E-state index contributed by atoms with van der Waals surface area (Å²) in [6, 6.07) is 12.3. The van der Waals surface area contributed by atoms with Crippen LogP contribution in [-0.4, -0.2) is 73.3 Å². The van der Waals surface area contributed by atoms with Crippen LogP contribution in [0.4, 0.5) is 17.2 Å². The molecule has 1 amide bonds. The SMILES string of the molecule is COCCNc1ccc2[nH]c(C(=O)N3CCN(c4ncccc4NC(C)C)CC3)cc2c1. The highest BCUT2D eigenvalue weighted by Gasteiger charge is 2.25. The first-order valence-electron chi connectivity index (χ1n) is 11.2. The van der Waals surface area contributed by atoms with Gasteiger partial charge in [-0.3, -0.25) is 4.79 Å². The average molecular weight is 437 g/mol. The van der Waals surface area contributed by atoms with Crippen molar-refractivity contribution >= 4 is 34.0 Å². The number of amides is 1. The van der Waals surface area contributed by atoms with Gasteiger partial charge in [0.2, 0.25) is 0 Å². The maximum atomic E-state index is 13.1. The summed E-state index contributed by atoms with van der Waals surface area (Å²) in [4.78, 5) is 25.2. The van der Waals surface area contributed by atoms with Gasteiger partial charge in [-0.15, -0.1) is 0 Å². The van der Waals surface area contributed by atoms with E-state index in [9.17, 15) is 4.79 Å². The number of carbonyl (C=O) groups is 1. The Morgan fingerprint density at radius 1 is 1.19 bits per heavy atom. The van der Waals surface area contributed by atoms with E-state index in [1.807, 2.05) is 35.4 Å². The van der Waals surface area contributed by atoms with Crippen molar-refractivity contribution in [1.29, 1.82) is 0 Å². The number of fused-ring (bicyclic) bond motifs is 1. The van der Waals surface area contributed by atoms with Gasteiger partial charge in [-0.25, -0.2) is 4.98 Å². The molecule has 0 spiro atoms. The second-order valence-electron chi connectivity index (χ2n) is 8.36. The summed E-state index contributed by atoms with van der Waals surface area (Å²) in [6.45, 7) is 8.46. The average Bonchev–Trinajstić information content (AvgIpc) is 3.22. The van der Waals surface area contributed by atoms with E-state index >= 15 is 0 Å². The number of piperazine rings is 1. The second kappa shape index (κ2) is 9.91. The molecular formula is C24H32N6O2. The third kappa shape index (κ3) is 4.96. The topological polar surface area (TPSA) is 85.5 Å². The van der Waals surface area contributed by atoms with Crippen LogP contribution < -0.4 is 15.5 Å². The molecule has 1 fully saturated rings. The van der Waals surface area contributed by atoms with Crippen molar-refractivity contribution in [3.63, 3.8) is 0 Å². The van der Waals surface area contributed by atoms with Gasteiger partial charge in [0.25, 0.3) is 5.91 Å². The molecule has 1 aliphatic rings. The zero-order valence-electron chi connectivity index (χ0n) is 19.0. The third-order valence-electron chi connectivity index (χ3n) is 5.58. The number of carbonyl (C=O) groups excluding carboxylic acids is 1. The number of pyridine rings is 1. The van der Waals surface area contributed by atoms with E-state index in [0.717, 1.165) is 47.7 Å². The zero-order chi connectivity index (χ0) is 22.5. The quantitative estimate of drug-likeness (QED) is 0.469. The lowest BCUT2D eigenvalue weighted by Gasteiger charge is -2.36. The summed E-state index contributed by atoms with van der Waals surface area (Å²) in [7, 11) is 1.69. The van der Waals surface area contributed by atoms with Crippen LogP contribution in [0.25, 0.3) is 10.9 Å². The number of hydrogen-bond donors (Lipinski definition) is 3. The highest BCUT2D eigenvalue weighted by Crippen LogP contribution is 2.25. The Kier molecular flexibility index (Phi) is 6.80. The van der Waals surface area contributed by atoms with Crippen LogP contribution in [0.2, 0.25) is 0 Å². The molecule has 2 aromatic heterocycles. The number of ether oxygens (including phenoxy) is 1. The van der Waals surface area contributed by atoms with Gasteiger partial charge >= 0.3 is 0 Å². The molecule has 32 heavy (non-hydrogen) atoms. The number of nitrogens with zero attached hydrogens (tertiary/aromatic N) is 3. The van der Waals surface area contributed by atoms with Gasteiger partial charge in [0.15, 0.2) is 5.82 Å². The van der Waals surface area contributed by atoms with E-state index in [1.165, 1.54) is 0 Å². The molecule has 3 heterocycles. The lowest BCUT2D eigenvalue weighted by molar-refractivity contribution is 0.0741. The summed E-state index contributed by atoms with van der Waals surface area (Å²) in [5, 5.41) is 7.81. The van der Waals surface area contributed by atoms with Crippen molar-refractivity contribution in [2.75, 3.05) is 62.0 Å². The number of methoxy groups -OCH3 is 1. The molecule has 3 N–H and O–H groups in total. The van der Waals surface area contributed by atoms with Crippen LogP contribution in [0.15, 0.2) is 42.6 Å². The number of benzene rings is 1. The molecule has 0 radical (unpaired) electrons. The Morgan fingerprint density at radius 3 is 2.75 bits per heavy atom. The number of aromatic amines is 1. The van der Waals surface area contributed by atoms with Crippen LogP contribution in [-0.2, 0) is 4.74 Å². The molecule has 4 rings (SSSR count). The minimum absolute atomic E-state index is 0.0382. The maximum Gasteiger partial charge on any atom is 0.270 e. The maximum absolute atomic E-state index is 13.1. The summed E-state index contributed by atoms with van der Waals surface area (Å²) in [5.74, 6) is 0.990. The van der Waals surface area contributed by atoms with Crippen LogP contribution in [0.1, 0.15) is 24.3 Å². The molecule has 3 aromatic rings. The van der Waals surface area contributed by atoms with Gasteiger partial charge in [0.1, 0.15) is 5.69 Å². The fourth-order valence-electron chi connectivity index (χ4n) is 4.02. The third-order valence-corrected chi connectivity index (χ3v) is 5.58. The first kappa shape index (κ1) is 22.0. The highest BCUT2D eigenvalue weighted by molar-refractivity contribution is 5.98. The van der Waals surface area contributed by atoms with Gasteiger partial charge in [-0.05, 0) is 50.2 Å². The van der Waals surface area contributed by atoms with Gasteiger partial charge in [0, 0.05) is 68.7 Å². The molecule has 8 nitrogen and oxygen atoms in total. The largest absolute Gasteiger partial charge is 0.383 e. The van der Waals surface area contributed by atoms with Gasteiger partial charge in [0.05, 0.1) is 12.3 Å². The molecule has 1 aromatic carbocycles. The van der Waals surface area contributed by atoms with Crippen molar-refractivity contribution in [3.05, 3.63) is 48.3 Å². The van der Waals surface area contributed by atoms with E-state index in [2.05, 4.69) is 51.5 Å². The normalized spacial score (nSPS) is 14.2. The molecule has 8 heteroatoms. The van der Waals surface area contributed by atoms with Crippen LogP contribution in [0, 0.1) is 0 Å². The number of anilines is 3. The van der Waals surface area contributed by atoms with E-state index < -0.39 is 0 Å². The minimum Gasteiger partial charge on any atom is -0.383 e. The monoisotopic (exact) mass is 436 g/mol. The van der Waals surface area contributed by atoms with E-state index in [1.54, 1.807) is 7.11 Å². The Balaban J connectivity index is 1.41. The number of aromatic nitrogens is 2. The summed E-state index contributed by atoms with van der Waals surface area (Å²) in [5.41, 5.74) is 3.64. The molecule has 0 bridgehead atoms. The molecule has 1 aliphatic heterocycles. The van der Waals surface area contributed by atoms with Gasteiger partial charge in [-0.2, -0.15) is 0 Å². The molecule has 0 unspecified atom stereocenters. The second-order valence-corrected chi connectivity index (χ2v) is 8.36. The van der Waals surface area contributed by atoms with Crippen molar-refractivity contribution in [2.45, 2.75) is 19.9 Å². The van der Waals surface area contributed by atoms with E-state index in [-0.39, 0.29) is 5.91 Å². The Labute approximate surface area is 189 Å². The summed E-state index contributed by atoms with van der Waals surface area (Å²) >= 11 is 0. The molecular weight excluding hydrogens is 404 g/mol. The van der Waals surface area contributed by atoms with Crippen molar-refractivity contribution in [1.82, 2.24) is 14.9 Å². The summed E-state index contributed by atoms with van der Waals surface area (Å²) in [6.07, 6.45) is 1.82. The smallest absolute Gasteiger partial charge is 0.270 e. The molecule has 1 saturated heterocycles. The lowest BCUT2D eigenvalue weighted by atomic mass is 10.2. The Morgan fingerprint density at radius 2 is 2.00 bits per heavy atom. The van der Waals surface area contributed by atoms with Gasteiger partial charge < -0.3 is 30.2 Å². The van der Waals surface area contributed by atoms with Gasteiger partial charge in [-0.1, -0.05) is 0 Å². The van der Waals surface area contributed by atoms with Crippen LogP contribution in [0.3, 0.4) is 0 Å². The van der Waals surface area contributed by atoms with Crippen molar-refractivity contribution in [2.24, 2.45) is 0 Å². The fourth-order valence-corrected chi connectivity index (χ4v) is 4.02. The van der Waals surface area contributed by atoms with E-state index in [4.69, 9.17) is 4.74 Å². The van der Waals surface area contributed by atoms with Crippen molar-refractivity contribution in [3.8, 4) is 0 Å². The zero-order valence-corrected chi connectivity index (χ0v) is 19.0. The number of H-pyrrole nitrogens is 1. The number of nitrogens with one attached hydrogen (secondary N) is 3. The standard InChI is InChI=1S/C24H32N6O2/c1-17(2)27-21-5-4-8-26-23(21)29-10-12-30(13-11-29)24(31)22-16-18-15-19(25-9-14-32-3)6-7-20(18)28-22/h4-8,15-17,25,27-28H,9-14H2,1-3H3. The number of rotatable bonds is 8. The summed E-state index contributed by atoms with van der Waals surface area (Å²) < 4.78 is 5.08. The highest BCUT2D eigenvalue weighted by atomic mass is 16.5. The van der Waals surface area contributed by atoms with Crippen LogP contribution >= 0.6 is 0 Å². The Bertz CT molecular complexity index is 1060. The Hall–Kier alpha value is -3.26. The van der Waals surface area contributed by atoms with Crippen molar-refractivity contribution < 1.29 is 9.53 Å². The van der Waals surface area contributed by atoms with Crippen LogP contribution in [0.5, 0.6) is 0 Å². The molecule has 0 saturated carbocycles. The minimum atomic E-state index is 0.0382. The lowest BCUT2D eigenvalue weighted by Crippen LogP contribution is -2.49. The molecule has 0 aliphatic carbocycles. The fraction of sp³-hybridized carbons (Fsp3) is 0.417. The first-order chi connectivity index (χ1) is 15.5. The van der Waals surface area contributed by atoms with E-state index in [0.29, 0.717) is 31.4 Å². The predicted octanol–water partition coefficient (Wildman–Crippen LogP) is 3.40. The molecule has 170 valence electrons. The predicted molar refractivity (Wildman–Crippen MR) is 130 cm³/mol. The molecule has 0 atom stereocenters. The first-order valence-corrected chi connectivity index (χ1v) is 11.2.